The maximum absolute atomic E-state index is 13.0. The summed E-state index contributed by atoms with van der Waals surface area (Å²) < 4.78 is 1.86. The fourth-order valence-electron chi connectivity index (χ4n) is 4.18. The highest BCUT2D eigenvalue weighted by Gasteiger charge is 2.29. The van der Waals surface area contributed by atoms with Crippen LogP contribution in [0.25, 0.3) is 5.69 Å². The number of anilines is 1. The van der Waals surface area contributed by atoms with Gasteiger partial charge in [0, 0.05) is 27.9 Å². The summed E-state index contributed by atoms with van der Waals surface area (Å²) in [5, 5.41) is 11.2. The Balaban J connectivity index is 1.34. The fraction of sp³-hybridized carbons (Fsp3) is 0.148. The van der Waals surface area contributed by atoms with Crippen LogP contribution in [0.2, 0.25) is 0 Å². The maximum Gasteiger partial charge on any atom is 0.237 e. The van der Waals surface area contributed by atoms with Crippen molar-refractivity contribution in [2.75, 3.05) is 5.32 Å². The lowest BCUT2D eigenvalue weighted by Gasteiger charge is -2.19. The number of aromatic nitrogens is 3. The van der Waals surface area contributed by atoms with E-state index in [2.05, 4.69) is 21.6 Å². The van der Waals surface area contributed by atoms with Gasteiger partial charge >= 0.3 is 0 Å². The van der Waals surface area contributed by atoms with E-state index in [9.17, 15) is 14.4 Å². The molecule has 0 aliphatic heterocycles. The van der Waals surface area contributed by atoms with Crippen LogP contribution < -0.4 is 5.32 Å². The molecule has 1 N–H and O–H groups in total. The predicted octanol–water partition coefficient (Wildman–Crippen LogP) is 4.78. The normalized spacial score (nSPS) is 13.2. The Hall–Kier alpha value is -4.04. The Bertz CT molecular complexity index is 1510. The molecule has 1 unspecified atom stereocenters. The molecule has 4 aromatic rings. The molecule has 1 aliphatic rings. The summed E-state index contributed by atoms with van der Waals surface area (Å²) in [5.74, 6) is -0.668. The summed E-state index contributed by atoms with van der Waals surface area (Å²) in [5.41, 5.74) is 5.07. The zero-order valence-electron chi connectivity index (χ0n) is 19.4. The van der Waals surface area contributed by atoms with Crippen molar-refractivity contribution in [1.29, 1.82) is 0 Å². The summed E-state index contributed by atoms with van der Waals surface area (Å²) >= 11 is 1.29. The first-order valence-electron chi connectivity index (χ1n) is 11.1. The van der Waals surface area contributed by atoms with E-state index in [1.54, 1.807) is 55.7 Å². The van der Waals surface area contributed by atoms with Crippen LogP contribution in [0.15, 0.2) is 72.1 Å². The van der Waals surface area contributed by atoms with Crippen molar-refractivity contribution >= 4 is 34.9 Å². The number of benzene rings is 3. The monoisotopic (exact) mass is 482 g/mol. The summed E-state index contributed by atoms with van der Waals surface area (Å²) in [6, 6.07) is 17.7. The molecule has 0 spiro atoms. The molecule has 8 heteroatoms. The molecule has 1 heterocycles. The molecule has 1 aromatic heterocycles. The number of nitrogens with one attached hydrogen (secondary N) is 1. The number of thioether (sulfide) groups is 1. The number of amides is 1. The van der Waals surface area contributed by atoms with Crippen molar-refractivity contribution in [2.24, 2.45) is 0 Å². The van der Waals surface area contributed by atoms with Crippen molar-refractivity contribution in [3.63, 3.8) is 0 Å². The first-order valence-corrected chi connectivity index (χ1v) is 12.0. The van der Waals surface area contributed by atoms with Crippen LogP contribution in [0, 0.1) is 13.8 Å². The third kappa shape index (κ3) is 4.17. The van der Waals surface area contributed by atoms with Gasteiger partial charge in [-0.25, -0.2) is 0 Å². The standard InChI is InChI=1S/C27H22N4O3S/c1-15-8-11-23(16(2)12-15)31-14-28-30-27(31)35-17(3)26(34)29-18-9-10-21-22(13-18)25(33)20-7-5-4-6-19(20)24(21)32/h4-14,17H,1-3H3,(H,29,34). The van der Waals surface area contributed by atoms with Gasteiger partial charge < -0.3 is 5.32 Å². The predicted molar refractivity (Wildman–Crippen MR) is 135 cm³/mol. The molecule has 174 valence electrons. The van der Waals surface area contributed by atoms with Crippen molar-refractivity contribution in [2.45, 2.75) is 31.2 Å². The number of ketones is 2. The third-order valence-corrected chi connectivity index (χ3v) is 7.03. The molecule has 0 fully saturated rings. The van der Waals surface area contributed by atoms with E-state index in [0.717, 1.165) is 16.8 Å². The minimum Gasteiger partial charge on any atom is -0.325 e. The molecule has 1 amide bonds. The Labute approximate surface area is 206 Å². The lowest BCUT2D eigenvalue weighted by atomic mass is 9.84. The number of carbonyl (C=O) groups is 3. The van der Waals surface area contributed by atoms with E-state index in [4.69, 9.17) is 0 Å². The lowest BCUT2D eigenvalue weighted by Crippen LogP contribution is -2.24. The van der Waals surface area contributed by atoms with Crippen LogP contribution in [0.4, 0.5) is 5.69 Å². The highest BCUT2D eigenvalue weighted by Crippen LogP contribution is 2.30. The Morgan fingerprint density at radius 1 is 0.914 bits per heavy atom. The number of rotatable bonds is 5. The van der Waals surface area contributed by atoms with E-state index in [1.807, 2.05) is 30.5 Å². The zero-order valence-corrected chi connectivity index (χ0v) is 20.2. The van der Waals surface area contributed by atoms with Gasteiger partial charge in [0.05, 0.1) is 10.9 Å². The minimum absolute atomic E-state index is 0.192. The molecule has 7 nitrogen and oxygen atoms in total. The molecule has 1 aliphatic carbocycles. The quantitative estimate of drug-likeness (QED) is 0.363. The van der Waals surface area contributed by atoms with Gasteiger partial charge in [-0.3, -0.25) is 19.0 Å². The first-order chi connectivity index (χ1) is 16.8. The highest BCUT2D eigenvalue weighted by atomic mass is 32.2. The second kappa shape index (κ2) is 8.96. The van der Waals surface area contributed by atoms with Gasteiger partial charge in [-0.2, -0.15) is 0 Å². The van der Waals surface area contributed by atoms with E-state index in [1.165, 1.54) is 11.8 Å². The van der Waals surface area contributed by atoms with Crippen molar-refractivity contribution < 1.29 is 14.4 Å². The molecular formula is C27H22N4O3S. The average Bonchev–Trinajstić information content (AvgIpc) is 3.30. The van der Waals surface area contributed by atoms with Crippen molar-refractivity contribution in [3.05, 3.63) is 100 Å². The smallest absolute Gasteiger partial charge is 0.237 e. The number of hydrogen-bond acceptors (Lipinski definition) is 6. The van der Waals surface area contributed by atoms with Crippen LogP contribution in [0.1, 0.15) is 49.9 Å². The highest BCUT2D eigenvalue weighted by molar-refractivity contribution is 8.00. The molecule has 5 rings (SSSR count). The van der Waals surface area contributed by atoms with Gasteiger partial charge in [-0.15, -0.1) is 10.2 Å². The van der Waals surface area contributed by atoms with Gasteiger partial charge in [0.1, 0.15) is 6.33 Å². The Morgan fingerprint density at radius 2 is 1.60 bits per heavy atom. The van der Waals surface area contributed by atoms with Gasteiger partial charge in [0.2, 0.25) is 5.91 Å². The lowest BCUT2D eigenvalue weighted by molar-refractivity contribution is -0.115. The van der Waals surface area contributed by atoms with Crippen LogP contribution in [0.5, 0.6) is 0 Å². The minimum atomic E-state index is -0.488. The second-order valence-corrected chi connectivity index (χ2v) is 9.79. The molecule has 35 heavy (non-hydrogen) atoms. The first kappa shape index (κ1) is 22.7. The summed E-state index contributed by atoms with van der Waals surface area (Å²) in [6.07, 6.45) is 1.63. The summed E-state index contributed by atoms with van der Waals surface area (Å²) in [6.45, 7) is 5.84. The number of carbonyl (C=O) groups excluding carboxylic acids is 3. The number of fused-ring (bicyclic) bond motifs is 2. The number of aryl methyl sites for hydroxylation is 2. The summed E-state index contributed by atoms with van der Waals surface area (Å²) in [7, 11) is 0. The van der Waals surface area contributed by atoms with Crippen molar-refractivity contribution in [1.82, 2.24) is 14.8 Å². The second-order valence-electron chi connectivity index (χ2n) is 8.49. The molecule has 3 aromatic carbocycles. The topological polar surface area (TPSA) is 93.9 Å². The largest absolute Gasteiger partial charge is 0.325 e. The molecule has 0 saturated heterocycles. The molecule has 0 radical (unpaired) electrons. The van der Waals surface area contributed by atoms with E-state index < -0.39 is 5.25 Å². The number of hydrogen-bond donors (Lipinski definition) is 1. The van der Waals surface area contributed by atoms with Gasteiger partial charge in [-0.05, 0) is 50.6 Å². The van der Waals surface area contributed by atoms with Crippen LogP contribution in [-0.2, 0) is 4.79 Å². The third-order valence-electron chi connectivity index (χ3n) is 5.97. The van der Waals surface area contributed by atoms with Crippen LogP contribution in [0.3, 0.4) is 0 Å². The van der Waals surface area contributed by atoms with Crippen molar-refractivity contribution in [3.8, 4) is 5.69 Å². The van der Waals surface area contributed by atoms with Crippen LogP contribution >= 0.6 is 11.8 Å². The Kier molecular flexibility index (Phi) is 5.82. The van der Waals surface area contributed by atoms with E-state index >= 15 is 0 Å². The summed E-state index contributed by atoms with van der Waals surface area (Å²) in [4.78, 5) is 38.7. The number of nitrogens with zero attached hydrogens (tertiary/aromatic N) is 3. The van der Waals surface area contributed by atoms with Gasteiger partial charge in [-0.1, -0.05) is 53.7 Å². The van der Waals surface area contributed by atoms with E-state index in [0.29, 0.717) is 33.1 Å². The molecule has 1 atom stereocenters. The van der Waals surface area contributed by atoms with E-state index in [-0.39, 0.29) is 17.5 Å². The molecular weight excluding hydrogens is 460 g/mol. The van der Waals surface area contributed by atoms with Crippen LogP contribution in [-0.4, -0.2) is 37.5 Å². The molecule has 0 saturated carbocycles. The van der Waals surface area contributed by atoms with Gasteiger partial charge in [0.15, 0.2) is 16.7 Å². The zero-order chi connectivity index (χ0) is 24.7. The average molecular weight is 483 g/mol. The fourth-order valence-corrected chi connectivity index (χ4v) is 5.01. The SMILES string of the molecule is Cc1ccc(-n2cnnc2SC(C)C(=O)Nc2ccc3c(c2)C(=O)c2ccccc2C3=O)c(C)c1. The van der Waals surface area contributed by atoms with Gasteiger partial charge in [0.25, 0.3) is 0 Å². The Morgan fingerprint density at radius 3 is 2.31 bits per heavy atom. The molecule has 0 bridgehead atoms. The maximum atomic E-state index is 13.0.